The number of halogens is 2. The Hall–Kier alpha value is -1.90. The number of amides is 1. The third-order valence-corrected chi connectivity index (χ3v) is 10.6. The number of benzene rings is 2. The third-order valence-electron chi connectivity index (χ3n) is 8.09. The minimum atomic E-state index is -4.94. The minimum absolute atomic E-state index is 0.0378. The summed E-state index contributed by atoms with van der Waals surface area (Å²) in [6.07, 6.45) is 2.24. The number of carbonyl (C=O) groups excluding carboxylic acids is 1. The van der Waals surface area contributed by atoms with Crippen LogP contribution in [0.15, 0.2) is 72.3 Å². The molecule has 10 nitrogen and oxygen atoms in total. The zero-order valence-electron chi connectivity index (χ0n) is 26.0. The molecule has 2 fully saturated rings. The average Bonchev–Trinajstić information content (AvgIpc) is 3.63. The van der Waals surface area contributed by atoms with Gasteiger partial charge in [-0.05, 0) is 50.9 Å². The second-order valence-corrected chi connectivity index (χ2v) is 14.9. The number of allylic oxidation sites excluding steroid dienone is 1. The van der Waals surface area contributed by atoms with Gasteiger partial charge in [-0.1, -0.05) is 72.3 Å². The predicted octanol–water partition coefficient (Wildman–Crippen LogP) is 1.21. The number of methoxy groups -OCH3 is 1. The molecule has 1 saturated heterocycles. The largest absolute Gasteiger partial charge is 0.443 e. The van der Waals surface area contributed by atoms with Crippen LogP contribution < -0.4 is 24.0 Å². The summed E-state index contributed by atoms with van der Waals surface area (Å²) in [5.74, 6) is 1.97. The van der Waals surface area contributed by atoms with Crippen molar-refractivity contribution in [2.45, 2.75) is 81.1 Å². The molecule has 2 aromatic rings. The molecular weight excluding hydrogens is 645 g/mol. The molecule has 4 rings (SSSR count). The zero-order valence-corrected chi connectivity index (χ0v) is 28.3. The van der Waals surface area contributed by atoms with E-state index in [1.165, 1.54) is 16.7 Å². The van der Waals surface area contributed by atoms with Gasteiger partial charge in [-0.3, -0.25) is 0 Å². The lowest BCUT2D eigenvalue weighted by atomic mass is 9.66. The molecule has 1 saturated carbocycles. The van der Waals surface area contributed by atoms with E-state index in [0.717, 1.165) is 17.9 Å². The molecule has 6 unspecified atom stereocenters. The molecule has 2 aliphatic rings. The molecule has 0 bridgehead atoms. The molecule has 6 atom stereocenters. The summed E-state index contributed by atoms with van der Waals surface area (Å²) >= 11 is 5.70. The Morgan fingerprint density at radius 3 is 2.09 bits per heavy atom. The number of aliphatic hydroxyl groups is 1. The van der Waals surface area contributed by atoms with Gasteiger partial charge in [0.15, 0.2) is 0 Å². The third kappa shape index (κ3) is 11.7. The zero-order chi connectivity index (χ0) is 33.3. The van der Waals surface area contributed by atoms with Crippen LogP contribution in [0.4, 0.5) is 4.79 Å². The van der Waals surface area contributed by atoms with Gasteiger partial charge in [0.25, 0.3) is 0 Å². The summed E-state index contributed by atoms with van der Waals surface area (Å²) in [6.45, 7) is 6.23. The van der Waals surface area contributed by atoms with E-state index in [-0.39, 0.29) is 28.9 Å². The van der Waals surface area contributed by atoms with Crippen molar-refractivity contribution in [3.05, 3.63) is 83.4 Å². The molecule has 250 valence electrons. The van der Waals surface area contributed by atoms with Gasteiger partial charge in [-0.25, -0.2) is 23.4 Å². The number of hydrogen-bond acceptors (Lipinski definition) is 9. The van der Waals surface area contributed by atoms with Gasteiger partial charge in [0.05, 0.1) is 18.0 Å². The predicted molar refractivity (Wildman–Crippen MR) is 162 cm³/mol. The summed E-state index contributed by atoms with van der Waals surface area (Å²) in [5.41, 5.74) is 2.07. The van der Waals surface area contributed by atoms with Crippen LogP contribution in [-0.2, 0) is 36.6 Å². The molecule has 1 amide bonds. The summed E-state index contributed by atoms with van der Waals surface area (Å²) < 4.78 is 52.2. The average molecular weight is 689 g/mol. The van der Waals surface area contributed by atoms with Crippen molar-refractivity contribution >= 4 is 28.6 Å². The Labute approximate surface area is 275 Å². The van der Waals surface area contributed by atoms with E-state index >= 15 is 0 Å². The van der Waals surface area contributed by atoms with E-state index in [2.05, 4.69) is 80.7 Å². The van der Waals surface area contributed by atoms with Gasteiger partial charge in [0, 0.05) is 18.2 Å². The molecule has 45 heavy (non-hydrogen) atoms. The van der Waals surface area contributed by atoms with Crippen LogP contribution in [0.25, 0.3) is 0 Å². The number of nitrogens with one attached hydrogen (secondary N) is 1. The first-order valence-electron chi connectivity index (χ1n) is 14.6. The van der Waals surface area contributed by atoms with Crippen molar-refractivity contribution in [3.8, 4) is 0 Å². The van der Waals surface area contributed by atoms with Crippen LogP contribution in [0, 0.1) is 16.2 Å². The first-order chi connectivity index (χ1) is 21.2. The van der Waals surface area contributed by atoms with Crippen LogP contribution in [0.2, 0.25) is 0 Å². The molecule has 1 aliphatic heterocycles. The van der Waals surface area contributed by atoms with Crippen molar-refractivity contribution in [1.82, 2.24) is 5.32 Å². The molecule has 0 spiro atoms. The van der Waals surface area contributed by atoms with E-state index in [9.17, 15) is 9.90 Å². The molecule has 2 aromatic carbocycles. The standard InChI is InChI=1S/C32H42ClNO5S.ClHO4/c1-23(2)15-16-27-31(3,39-27)29-28(37-4)26(38-30(35)34-22-33)17-18-32(29,36)21-40(19-24-11-7-5-8-12-24)20-25-13-9-6-10-14-25;2-1(3,4)5/h5-15,26-29,36H,16-22H2,1-4H3;(H,2,3,4,5). The molecule has 1 heterocycles. The van der Waals surface area contributed by atoms with Gasteiger partial charge in [-0.2, -0.15) is 0 Å². The summed E-state index contributed by atoms with van der Waals surface area (Å²) in [6, 6.07) is 20.9. The molecule has 0 aromatic heterocycles. The maximum atomic E-state index is 12.6. The van der Waals surface area contributed by atoms with Crippen LogP contribution >= 0.6 is 11.6 Å². The lowest BCUT2D eigenvalue weighted by Crippen LogP contribution is -2.68. The molecule has 13 heteroatoms. The lowest BCUT2D eigenvalue weighted by molar-refractivity contribution is -2.00. The minimum Gasteiger partial charge on any atom is -0.443 e. The van der Waals surface area contributed by atoms with Gasteiger partial charge >= 0.3 is 6.09 Å². The lowest BCUT2D eigenvalue weighted by Gasteiger charge is -2.48. The highest BCUT2D eigenvalue weighted by Gasteiger charge is 2.69. The molecule has 0 radical (unpaired) electrons. The Morgan fingerprint density at radius 2 is 1.62 bits per heavy atom. The highest BCUT2D eigenvalue weighted by molar-refractivity contribution is 7.95. The number of hydrogen-bond donors (Lipinski definition) is 2. The van der Waals surface area contributed by atoms with Crippen molar-refractivity contribution in [2.24, 2.45) is 5.92 Å². The van der Waals surface area contributed by atoms with Crippen LogP contribution in [-0.4, -0.2) is 59.6 Å². The first kappa shape index (κ1) is 37.6. The number of alkyl halides is 1. The van der Waals surface area contributed by atoms with Crippen LogP contribution in [0.5, 0.6) is 0 Å². The fraction of sp³-hybridized carbons (Fsp3) is 0.531. The maximum absolute atomic E-state index is 12.6. The van der Waals surface area contributed by atoms with Gasteiger partial charge in [-0.15, -0.1) is 21.8 Å². The topological polar surface area (TPSA) is 173 Å². The monoisotopic (exact) mass is 687 g/mol. The number of alkyl carbamates (subject to hydrolysis) is 1. The van der Waals surface area contributed by atoms with Crippen molar-refractivity contribution in [1.29, 1.82) is 0 Å². The van der Waals surface area contributed by atoms with E-state index < -0.39 is 39.7 Å². The fourth-order valence-electron chi connectivity index (χ4n) is 6.20. The molecule has 1 aliphatic carbocycles. The Bertz CT molecular complexity index is 1180. The maximum Gasteiger partial charge on any atom is 0.408 e. The molecule has 2 N–H and O–H groups in total. The van der Waals surface area contributed by atoms with E-state index in [1.54, 1.807) is 7.11 Å². The van der Waals surface area contributed by atoms with Crippen molar-refractivity contribution in [2.75, 3.05) is 18.9 Å². The smallest absolute Gasteiger partial charge is 0.408 e. The van der Waals surface area contributed by atoms with Crippen molar-refractivity contribution < 1.29 is 53.0 Å². The normalized spacial score (nSPS) is 27.6. The van der Waals surface area contributed by atoms with Crippen LogP contribution in [0.3, 0.4) is 0 Å². The Morgan fingerprint density at radius 1 is 1.09 bits per heavy atom. The summed E-state index contributed by atoms with van der Waals surface area (Å²) in [5, 5.41) is 15.1. The summed E-state index contributed by atoms with van der Waals surface area (Å²) in [7, 11) is -3.48. The van der Waals surface area contributed by atoms with E-state index in [4.69, 9.17) is 44.4 Å². The van der Waals surface area contributed by atoms with Crippen LogP contribution in [0.1, 0.15) is 51.2 Å². The second-order valence-electron chi connectivity index (χ2n) is 11.8. The fourth-order valence-corrected chi connectivity index (χ4v) is 8.97. The quantitative estimate of drug-likeness (QED) is 0.109. The number of ether oxygens (including phenoxy) is 3. The summed E-state index contributed by atoms with van der Waals surface area (Å²) in [4.78, 5) is 12.4. The second kappa shape index (κ2) is 16.8. The molecular formula is C32H43Cl2NO9S. The first-order valence-corrected chi connectivity index (χ1v) is 18.1. The number of carbonyl (C=O) groups is 1. The number of rotatable bonds is 12. The SMILES string of the molecule is COC1C(OC(=O)NCCl)CCC(O)(C[S+](Cc2ccccc2)Cc2ccccc2)C1C1(C)OC1CC=C(C)C.[O-][Cl+3]([O-])([O-])[O-]. The van der Waals surface area contributed by atoms with Gasteiger partial charge < -0.3 is 24.6 Å². The van der Waals surface area contributed by atoms with Gasteiger partial charge in [0.2, 0.25) is 0 Å². The Balaban J connectivity index is 0.00000102. The van der Waals surface area contributed by atoms with Gasteiger partial charge in [0.1, 0.15) is 40.7 Å². The Kier molecular flexibility index (Phi) is 14.0. The number of epoxide rings is 1. The highest BCUT2D eigenvalue weighted by atomic mass is 35.7. The van der Waals surface area contributed by atoms with E-state index in [1.807, 2.05) is 12.1 Å². The van der Waals surface area contributed by atoms with E-state index in [0.29, 0.717) is 18.6 Å². The highest BCUT2D eigenvalue weighted by Crippen LogP contribution is 2.55. The van der Waals surface area contributed by atoms with Crippen molar-refractivity contribution in [3.63, 3.8) is 0 Å².